The Morgan fingerprint density at radius 2 is 1.97 bits per heavy atom. The molecule has 0 N–H and O–H groups in total. The van der Waals surface area contributed by atoms with E-state index in [4.69, 9.17) is 27.9 Å². The van der Waals surface area contributed by atoms with Crippen LogP contribution in [0, 0.1) is 13.8 Å². The summed E-state index contributed by atoms with van der Waals surface area (Å²) in [4.78, 5) is 15.2. The number of carbonyl (C=O) groups is 1. The molecule has 0 radical (unpaired) electrons. The molecule has 37 heavy (non-hydrogen) atoms. The van der Waals surface area contributed by atoms with Gasteiger partial charge >= 0.3 is 0 Å². The molecule has 8 nitrogen and oxygen atoms in total. The zero-order chi connectivity index (χ0) is 26.1. The van der Waals surface area contributed by atoms with Gasteiger partial charge in [-0.3, -0.25) is 4.79 Å². The van der Waals surface area contributed by atoms with Crippen molar-refractivity contribution < 1.29 is 9.53 Å². The van der Waals surface area contributed by atoms with E-state index in [0.717, 1.165) is 32.7 Å². The molecule has 0 aliphatic carbocycles. The Morgan fingerprint density at radius 3 is 2.76 bits per heavy atom. The zero-order valence-corrected chi connectivity index (χ0v) is 23.5. The first kappa shape index (κ1) is 25.9. The Hall–Kier alpha value is -2.72. The van der Waals surface area contributed by atoms with Gasteiger partial charge in [-0.05, 0) is 43.7 Å². The third-order valence-corrected chi connectivity index (χ3v) is 8.03. The SMILES string of the molecule is Cc1nn(-c2ccc(Cl)c(Cl)c2)c(C)c1CC(=O)N1CCOC(c2cn(Cc3ccccc3Br)nn2)C1. The molecule has 11 heteroatoms. The van der Waals surface area contributed by atoms with E-state index in [0.29, 0.717) is 42.0 Å². The number of amides is 1. The smallest absolute Gasteiger partial charge is 0.227 e. The zero-order valence-electron chi connectivity index (χ0n) is 20.4. The molecule has 2 aromatic heterocycles. The summed E-state index contributed by atoms with van der Waals surface area (Å²) in [6, 6.07) is 13.4. The second kappa shape index (κ2) is 10.9. The highest BCUT2D eigenvalue weighted by atomic mass is 79.9. The number of hydrogen-bond donors (Lipinski definition) is 0. The minimum atomic E-state index is -0.327. The van der Waals surface area contributed by atoms with Crippen LogP contribution >= 0.6 is 39.1 Å². The van der Waals surface area contributed by atoms with Crippen molar-refractivity contribution in [3.05, 3.63) is 91.4 Å². The van der Waals surface area contributed by atoms with E-state index < -0.39 is 0 Å². The summed E-state index contributed by atoms with van der Waals surface area (Å²) in [5, 5.41) is 14.2. The number of aryl methyl sites for hydroxylation is 1. The summed E-state index contributed by atoms with van der Waals surface area (Å²) in [5.41, 5.74) is 5.21. The molecule has 1 unspecified atom stereocenters. The molecule has 4 aromatic rings. The van der Waals surface area contributed by atoms with Crippen molar-refractivity contribution in [3.63, 3.8) is 0 Å². The molecule has 0 saturated carbocycles. The van der Waals surface area contributed by atoms with Crippen molar-refractivity contribution in [1.82, 2.24) is 29.7 Å². The maximum absolute atomic E-state index is 13.3. The van der Waals surface area contributed by atoms with Gasteiger partial charge in [-0.2, -0.15) is 5.10 Å². The highest BCUT2D eigenvalue weighted by Crippen LogP contribution is 2.27. The Morgan fingerprint density at radius 1 is 1.16 bits per heavy atom. The van der Waals surface area contributed by atoms with Gasteiger partial charge in [0, 0.05) is 22.3 Å². The van der Waals surface area contributed by atoms with Crippen LogP contribution in [0.4, 0.5) is 0 Å². The second-order valence-corrected chi connectivity index (χ2v) is 10.6. The summed E-state index contributed by atoms with van der Waals surface area (Å²) in [6.07, 6.45) is 1.81. The lowest BCUT2D eigenvalue weighted by Crippen LogP contribution is -2.43. The van der Waals surface area contributed by atoms with Gasteiger partial charge in [-0.1, -0.05) is 62.5 Å². The quantitative estimate of drug-likeness (QED) is 0.297. The highest BCUT2D eigenvalue weighted by Gasteiger charge is 2.28. The van der Waals surface area contributed by atoms with E-state index in [1.807, 2.05) is 55.3 Å². The van der Waals surface area contributed by atoms with Crippen molar-refractivity contribution >= 4 is 45.0 Å². The largest absolute Gasteiger partial charge is 0.368 e. The van der Waals surface area contributed by atoms with Crippen molar-refractivity contribution in [2.75, 3.05) is 19.7 Å². The number of aromatic nitrogens is 5. The lowest BCUT2D eigenvalue weighted by atomic mass is 10.1. The van der Waals surface area contributed by atoms with E-state index >= 15 is 0 Å². The van der Waals surface area contributed by atoms with Gasteiger partial charge in [0.1, 0.15) is 11.8 Å². The molecule has 0 bridgehead atoms. The molecular formula is C26H25BrCl2N6O2. The van der Waals surface area contributed by atoms with Crippen molar-refractivity contribution in [2.45, 2.75) is 32.9 Å². The number of morpholine rings is 1. The molecule has 1 amide bonds. The van der Waals surface area contributed by atoms with Crippen LogP contribution in [0.15, 0.2) is 53.1 Å². The van der Waals surface area contributed by atoms with Crippen molar-refractivity contribution in [1.29, 1.82) is 0 Å². The van der Waals surface area contributed by atoms with Crippen molar-refractivity contribution in [2.24, 2.45) is 0 Å². The fourth-order valence-corrected chi connectivity index (χ4v) is 5.16. The van der Waals surface area contributed by atoms with Gasteiger partial charge < -0.3 is 9.64 Å². The second-order valence-electron chi connectivity index (χ2n) is 8.97. The van der Waals surface area contributed by atoms with Crippen LogP contribution in [0.3, 0.4) is 0 Å². The summed E-state index contributed by atoms with van der Waals surface area (Å²) < 4.78 is 10.6. The monoisotopic (exact) mass is 602 g/mol. The highest BCUT2D eigenvalue weighted by molar-refractivity contribution is 9.10. The van der Waals surface area contributed by atoms with E-state index in [2.05, 4.69) is 31.3 Å². The average Bonchev–Trinajstić information content (AvgIpc) is 3.47. The molecule has 1 saturated heterocycles. The number of ether oxygens (including phenoxy) is 1. The summed E-state index contributed by atoms with van der Waals surface area (Å²) >= 11 is 15.8. The standard InChI is InChI=1S/C26H25BrCl2N6O2/c1-16-20(17(2)35(31-16)19-7-8-22(28)23(29)11-19)12-26(36)33-9-10-37-25(15-33)24-14-34(32-30-24)13-18-5-3-4-6-21(18)27/h3-8,11,14,25H,9-10,12-13,15H2,1-2H3. The fraction of sp³-hybridized carbons (Fsp3) is 0.308. The number of rotatable bonds is 6. The molecule has 1 aliphatic heterocycles. The van der Waals surface area contributed by atoms with Gasteiger partial charge in [0.05, 0.1) is 53.7 Å². The molecule has 192 valence electrons. The van der Waals surface area contributed by atoms with Crippen LogP contribution in [-0.2, 0) is 22.5 Å². The van der Waals surface area contributed by atoms with E-state index in [9.17, 15) is 4.79 Å². The third kappa shape index (κ3) is 5.60. The molecule has 2 aromatic carbocycles. The number of carbonyl (C=O) groups excluding carboxylic acids is 1. The van der Waals surface area contributed by atoms with Gasteiger partial charge in [0.25, 0.3) is 0 Å². The lowest BCUT2D eigenvalue weighted by molar-refractivity contribution is -0.138. The third-order valence-electron chi connectivity index (χ3n) is 6.51. The number of halogens is 3. The Kier molecular flexibility index (Phi) is 7.67. The summed E-state index contributed by atoms with van der Waals surface area (Å²) in [7, 11) is 0. The molecule has 5 rings (SSSR count). The van der Waals surface area contributed by atoms with Crippen molar-refractivity contribution in [3.8, 4) is 5.69 Å². The van der Waals surface area contributed by atoms with Gasteiger partial charge in [-0.15, -0.1) is 5.10 Å². The van der Waals surface area contributed by atoms with Crippen LogP contribution in [-0.4, -0.2) is 55.3 Å². The molecule has 3 heterocycles. The Balaban J connectivity index is 1.27. The first-order valence-corrected chi connectivity index (χ1v) is 13.4. The Labute approximate surface area is 233 Å². The predicted octanol–water partition coefficient (Wildman–Crippen LogP) is 5.34. The van der Waals surface area contributed by atoms with Gasteiger partial charge in [0.2, 0.25) is 5.91 Å². The van der Waals surface area contributed by atoms with E-state index in [1.54, 1.807) is 21.5 Å². The van der Waals surface area contributed by atoms with E-state index in [-0.39, 0.29) is 18.4 Å². The Bertz CT molecular complexity index is 1450. The average molecular weight is 604 g/mol. The van der Waals surface area contributed by atoms with Gasteiger partial charge in [0.15, 0.2) is 0 Å². The molecule has 1 atom stereocenters. The van der Waals surface area contributed by atoms with Crippen LogP contribution in [0.25, 0.3) is 5.69 Å². The molecule has 1 aliphatic rings. The lowest BCUT2D eigenvalue weighted by Gasteiger charge is -2.32. The minimum absolute atomic E-state index is 0.0220. The first-order chi connectivity index (χ1) is 17.8. The fourth-order valence-electron chi connectivity index (χ4n) is 4.46. The molecular weight excluding hydrogens is 579 g/mol. The maximum atomic E-state index is 13.3. The topological polar surface area (TPSA) is 78.1 Å². The molecule has 0 spiro atoms. The first-order valence-electron chi connectivity index (χ1n) is 11.8. The van der Waals surface area contributed by atoms with Crippen LogP contribution < -0.4 is 0 Å². The number of nitrogens with zero attached hydrogens (tertiary/aromatic N) is 6. The van der Waals surface area contributed by atoms with Crippen LogP contribution in [0.1, 0.15) is 34.3 Å². The minimum Gasteiger partial charge on any atom is -0.368 e. The van der Waals surface area contributed by atoms with E-state index in [1.165, 1.54) is 0 Å². The van der Waals surface area contributed by atoms with Gasteiger partial charge in [-0.25, -0.2) is 9.36 Å². The predicted molar refractivity (Wildman–Crippen MR) is 145 cm³/mol. The molecule has 1 fully saturated rings. The summed E-state index contributed by atoms with van der Waals surface area (Å²) in [5.74, 6) is 0.0220. The summed E-state index contributed by atoms with van der Waals surface area (Å²) in [6.45, 7) is 5.84. The van der Waals surface area contributed by atoms with Crippen LogP contribution in [0.2, 0.25) is 10.0 Å². The maximum Gasteiger partial charge on any atom is 0.227 e. The number of hydrogen-bond acceptors (Lipinski definition) is 5. The van der Waals surface area contributed by atoms with Crippen LogP contribution in [0.5, 0.6) is 0 Å². The normalized spacial score (nSPS) is 15.8. The number of benzene rings is 2.